The van der Waals surface area contributed by atoms with E-state index in [9.17, 15) is 14.4 Å². The van der Waals surface area contributed by atoms with Gasteiger partial charge < -0.3 is 15.2 Å². The maximum absolute atomic E-state index is 12.5. The molecule has 0 aromatic heterocycles. The number of hydrogen-bond donors (Lipinski definition) is 1. The van der Waals surface area contributed by atoms with E-state index in [0.717, 1.165) is 22.2 Å². The molecule has 0 bridgehead atoms. The highest BCUT2D eigenvalue weighted by molar-refractivity contribution is 6.08. The first-order valence-corrected chi connectivity index (χ1v) is 8.75. The molecule has 0 aliphatic carbocycles. The Kier molecular flexibility index (Phi) is 6.06. The Balaban J connectivity index is 1.68. The molecule has 2 aromatic rings. The van der Waals surface area contributed by atoms with E-state index in [1.54, 1.807) is 12.1 Å². The summed E-state index contributed by atoms with van der Waals surface area (Å²) in [7, 11) is 0. The SMILES string of the molecule is N/C=C1/CC(C(=O)OCc2ccccc2)N(C(=O)OCc2ccccc2)C1=O. The van der Waals surface area contributed by atoms with Crippen LogP contribution in [0.4, 0.5) is 4.79 Å². The van der Waals surface area contributed by atoms with Gasteiger partial charge in [0.15, 0.2) is 0 Å². The molecule has 144 valence electrons. The van der Waals surface area contributed by atoms with Gasteiger partial charge in [-0.25, -0.2) is 14.5 Å². The Morgan fingerprint density at radius 3 is 2.04 bits per heavy atom. The van der Waals surface area contributed by atoms with Gasteiger partial charge in [0.2, 0.25) is 0 Å². The third kappa shape index (κ3) is 4.37. The zero-order valence-corrected chi connectivity index (χ0v) is 15.1. The van der Waals surface area contributed by atoms with Crippen molar-refractivity contribution >= 4 is 18.0 Å². The lowest BCUT2D eigenvalue weighted by Crippen LogP contribution is -2.44. The summed E-state index contributed by atoms with van der Waals surface area (Å²) >= 11 is 0. The van der Waals surface area contributed by atoms with Gasteiger partial charge in [-0.05, 0) is 11.1 Å². The van der Waals surface area contributed by atoms with Crippen molar-refractivity contribution in [3.63, 3.8) is 0 Å². The van der Waals surface area contributed by atoms with Crippen molar-refractivity contribution in [3.05, 3.63) is 83.6 Å². The second-order valence-electron chi connectivity index (χ2n) is 6.22. The van der Waals surface area contributed by atoms with Crippen LogP contribution in [0.3, 0.4) is 0 Å². The topological polar surface area (TPSA) is 98.9 Å². The lowest BCUT2D eigenvalue weighted by atomic mass is 10.1. The molecule has 7 nitrogen and oxygen atoms in total. The van der Waals surface area contributed by atoms with Crippen molar-refractivity contribution in [3.8, 4) is 0 Å². The van der Waals surface area contributed by atoms with Gasteiger partial charge in [0.25, 0.3) is 5.91 Å². The van der Waals surface area contributed by atoms with Crippen molar-refractivity contribution in [2.75, 3.05) is 0 Å². The summed E-state index contributed by atoms with van der Waals surface area (Å²) in [4.78, 5) is 38.2. The fourth-order valence-electron chi connectivity index (χ4n) is 2.84. The van der Waals surface area contributed by atoms with Crippen LogP contribution in [0.2, 0.25) is 0 Å². The quantitative estimate of drug-likeness (QED) is 0.632. The summed E-state index contributed by atoms with van der Waals surface area (Å²) in [6.07, 6.45) is 0.181. The molecule has 1 atom stereocenters. The molecule has 0 saturated carbocycles. The first kappa shape index (κ1) is 19.2. The molecular formula is C21H20N2O5. The molecule has 2 aromatic carbocycles. The van der Waals surface area contributed by atoms with Gasteiger partial charge in [0, 0.05) is 18.2 Å². The molecule has 7 heteroatoms. The number of ether oxygens (including phenoxy) is 2. The molecule has 2 N–H and O–H groups in total. The van der Waals surface area contributed by atoms with Crippen LogP contribution in [-0.4, -0.2) is 28.9 Å². The molecule has 1 fully saturated rings. The molecule has 3 rings (SSSR count). The maximum atomic E-state index is 12.5. The Morgan fingerprint density at radius 1 is 0.964 bits per heavy atom. The minimum atomic E-state index is -1.10. The lowest BCUT2D eigenvalue weighted by Gasteiger charge is -2.20. The number of imide groups is 1. The predicted molar refractivity (Wildman–Crippen MR) is 100 cm³/mol. The summed E-state index contributed by atoms with van der Waals surface area (Å²) in [5.74, 6) is -1.34. The summed E-state index contributed by atoms with van der Waals surface area (Å²) in [5.41, 5.74) is 7.19. The average Bonchev–Trinajstić information content (AvgIpc) is 3.08. The Bertz CT molecular complexity index is 880. The second kappa shape index (κ2) is 8.85. The molecule has 1 heterocycles. The van der Waals surface area contributed by atoms with Crippen molar-refractivity contribution in [2.24, 2.45) is 5.73 Å². The monoisotopic (exact) mass is 380 g/mol. The van der Waals surface area contributed by atoms with Gasteiger partial charge in [-0.15, -0.1) is 0 Å². The number of esters is 1. The Morgan fingerprint density at radius 2 is 1.50 bits per heavy atom. The van der Waals surface area contributed by atoms with Gasteiger partial charge >= 0.3 is 12.1 Å². The number of carbonyl (C=O) groups is 3. The first-order valence-electron chi connectivity index (χ1n) is 8.75. The van der Waals surface area contributed by atoms with Gasteiger partial charge in [-0.1, -0.05) is 60.7 Å². The Hall–Kier alpha value is -3.61. The van der Waals surface area contributed by atoms with Gasteiger partial charge in [0.05, 0.1) is 0 Å². The second-order valence-corrected chi connectivity index (χ2v) is 6.22. The molecule has 28 heavy (non-hydrogen) atoms. The maximum Gasteiger partial charge on any atom is 0.417 e. The highest BCUT2D eigenvalue weighted by Gasteiger charge is 2.45. The van der Waals surface area contributed by atoms with Gasteiger partial charge in [-0.3, -0.25) is 4.79 Å². The normalized spacial score (nSPS) is 17.6. The molecular weight excluding hydrogens is 360 g/mol. The van der Waals surface area contributed by atoms with Crippen LogP contribution < -0.4 is 5.73 Å². The van der Waals surface area contributed by atoms with Gasteiger partial charge in [-0.2, -0.15) is 0 Å². The molecule has 2 amide bonds. The summed E-state index contributed by atoms with van der Waals surface area (Å²) < 4.78 is 10.5. The predicted octanol–water partition coefficient (Wildman–Crippen LogP) is 2.51. The number of nitrogens with zero attached hydrogens (tertiary/aromatic N) is 1. The van der Waals surface area contributed by atoms with E-state index >= 15 is 0 Å². The summed E-state index contributed by atoms with van der Waals surface area (Å²) in [6, 6.07) is 17.0. The third-order valence-electron chi connectivity index (χ3n) is 4.32. The van der Waals surface area contributed by atoms with Crippen LogP contribution in [-0.2, 0) is 32.3 Å². The number of likely N-dealkylation sites (tertiary alicyclic amines) is 1. The van der Waals surface area contributed by atoms with Crippen molar-refractivity contribution in [1.29, 1.82) is 0 Å². The Labute approximate surface area is 162 Å². The first-order chi connectivity index (χ1) is 13.6. The summed E-state index contributed by atoms with van der Waals surface area (Å²) in [5, 5.41) is 0. The minimum Gasteiger partial charge on any atom is -0.459 e. The van der Waals surface area contributed by atoms with E-state index in [0.29, 0.717) is 0 Å². The van der Waals surface area contributed by atoms with Crippen molar-refractivity contribution < 1.29 is 23.9 Å². The number of amides is 2. The van der Waals surface area contributed by atoms with Crippen molar-refractivity contribution in [1.82, 2.24) is 4.90 Å². The van der Waals surface area contributed by atoms with E-state index in [2.05, 4.69) is 0 Å². The van der Waals surface area contributed by atoms with Crippen LogP contribution >= 0.6 is 0 Å². The van der Waals surface area contributed by atoms with Crippen LogP contribution in [0.5, 0.6) is 0 Å². The highest BCUT2D eigenvalue weighted by atomic mass is 16.6. The van der Waals surface area contributed by atoms with E-state index in [4.69, 9.17) is 15.2 Å². The minimum absolute atomic E-state index is 0.0105. The number of hydrogen-bond acceptors (Lipinski definition) is 6. The molecule has 0 spiro atoms. The number of nitrogens with two attached hydrogens (primary N) is 1. The fraction of sp³-hybridized carbons (Fsp3) is 0.190. The standard InChI is InChI=1S/C21H20N2O5/c22-12-17-11-18(20(25)27-13-15-7-3-1-4-8-15)23(19(17)24)21(26)28-14-16-9-5-2-6-10-16/h1-10,12,18H,11,13-14,22H2/b17-12-. The molecule has 1 aliphatic heterocycles. The molecule has 1 unspecified atom stereocenters. The van der Waals surface area contributed by atoms with Crippen LogP contribution in [0.25, 0.3) is 0 Å². The summed E-state index contributed by atoms with van der Waals surface area (Å²) in [6.45, 7) is 0.0237. The smallest absolute Gasteiger partial charge is 0.417 e. The average molecular weight is 380 g/mol. The van der Waals surface area contributed by atoms with E-state index < -0.39 is 24.0 Å². The van der Waals surface area contributed by atoms with E-state index in [-0.39, 0.29) is 25.2 Å². The van der Waals surface area contributed by atoms with E-state index in [1.165, 1.54) is 0 Å². The highest BCUT2D eigenvalue weighted by Crippen LogP contribution is 2.26. The number of carbonyl (C=O) groups excluding carboxylic acids is 3. The molecule has 1 saturated heterocycles. The van der Waals surface area contributed by atoms with E-state index in [1.807, 2.05) is 48.5 Å². The van der Waals surface area contributed by atoms with Crippen molar-refractivity contribution in [2.45, 2.75) is 25.7 Å². The number of benzene rings is 2. The zero-order chi connectivity index (χ0) is 19.9. The van der Waals surface area contributed by atoms with Crippen LogP contribution in [0, 0.1) is 0 Å². The fourth-order valence-corrected chi connectivity index (χ4v) is 2.84. The lowest BCUT2D eigenvalue weighted by molar-refractivity contribution is -0.152. The molecule has 0 radical (unpaired) electrons. The van der Waals surface area contributed by atoms with Crippen LogP contribution in [0.15, 0.2) is 72.4 Å². The van der Waals surface area contributed by atoms with Gasteiger partial charge in [0.1, 0.15) is 19.3 Å². The van der Waals surface area contributed by atoms with Crippen LogP contribution in [0.1, 0.15) is 17.5 Å². The third-order valence-corrected chi connectivity index (χ3v) is 4.32. The number of rotatable bonds is 5. The zero-order valence-electron chi connectivity index (χ0n) is 15.1. The molecule has 1 aliphatic rings. The largest absolute Gasteiger partial charge is 0.459 e.